The van der Waals surface area contributed by atoms with Gasteiger partial charge in [0, 0.05) is 12.0 Å². The first-order valence-electron chi connectivity index (χ1n) is 5.34. The summed E-state index contributed by atoms with van der Waals surface area (Å²) in [4.78, 5) is 0.378. The molecule has 1 heterocycles. The second-order valence-corrected chi connectivity index (χ2v) is 5.01. The second-order valence-electron chi connectivity index (χ2n) is 5.01. The lowest BCUT2D eigenvalue weighted by atomic mass is 9.91. The van der Waals surface area contributed by atoms with Gasteiger partial charge in [0.1, 0.15) is 12.5 Å². The van der Waals surface area contributed by atoms with E-state index in [0.29, 0.717) is 11.4 Å². The van der Waals surface area contributed by atoms with Crippen molar-refractivity contribution in [1.82, 2.24) is 9.91 Å². The van der Waals surface area contributed by atoms with Gasteiger partial charge in [0.2, 0.25) is 0 Å². The Morgan fingerprint density at radius 2 is 1.81 bits per heavy atom. The van der Waals surface area contributed by atoms with E-state index in [-0.39, 0.29) is 0 Å². The lowest BCUT2D eigenvalue weighted by Crippen LogP contribution is -2.53. The van der Waals surface area contributed by atoms with Crippen LogP contribution in [0.5, 0.6) is 0 Å². The predicted octanol–water partition coefficient (Wildman–Crippen LogP) is 2.85. The Labute approximate surface area is 93.9 Å². The van der Waals surface area contributed by atoms with Crippen LogP contribution in [0, 0.1) is 5.41 Å². The molecule has 0 aliphatic carbocycles. The van der Waals surface area contributed by atoms with E-state index < -0.39 is 17.9 Å². The Kier molecular flexibility index (Phi) is 3.40. The van der Waals surface area contributed by atoms with Crippen molar-refractivity contribution < 1.29 is 13.2 Å². The molecular weight excluding hydrogens is 219 g/mol. The molecule has 1 unspecified atom stereocenters. The molecule has 0 saturated carbocycles. The first kappa shape index (κ1) is 13.1. The Morgan fingerprint density at radius 3 is 2.19 bits per heavy atom. The summed E-state index contributed by atoms with van der Waals surface area (Å²) >= 11 is 0. The van der Waals surface area contributed by atoms with Crippen LogP contribution in [0.1, 0.15) is 34.1 Å². The Morgan fingerprint density at radius 1 is 1.25 bits per heavy atom. The average molecular weight is 237 g/mol. The zero-order chi connectivity index (χ0) is 12.6. The fraction of sp³-hybridized carbons (Fsp3) is 0.900. The summed E-state index contributed by atoms with van der Waals surface area (Å²) in [7, 11) is 0. The summed E-state index contributed by atoms with van der Waals surface area (Å²) in [5, 5.41) is 5.34. The summed E-state index contributed by atoms with van der Waals surface area (Å²) in [5.74, 6) is 0. The Bertz CT molecular complexity index is 267. The van der Waals surface area contributed by atoms with Gasteiger partial charge in [-0.25, -0.2) is 4.90 Å². The monoisotopic (exact) mass is 237 g/mol. The number of nitrogens with zero attached hydrogens (tertiary/aromatic N) is 3. The summed E-state index contributed by atoms with van der Waals surface area (Å²) in [6.07, 6.45) is -3.47. The van der Waals surface area contributed by atoms with Gasteiger partial charge in [-0.05, 0) is 6.42 Å². The molecule has 0 aromatic heterocycles. The molecule has 3 nitrogen and oxygen atoms in total. The second kappa shape index (κ2) is 4.14. The van der Waals surface area contributed by atoms with Gasteiger partial charge in [0.15, 0.2) is 0 Å². The Balaban J connectivity index is 2.93. The van der Waals surface area contributed by atoms with Gasteiger partial charge in [-0.15, -0.1) is 13.2 Å². The molecule has 0 aromatic carbocycles. The molecule has 0 amide bonds. The number of hydrogen-bond donors (Lipinski definition) is 0. The highest BCUT2D eigenvalue weighted by molar-refractivity contribution is 5.57. The molecule has 0 aromatic rings. The Hall–Kier alpha value is -0.940. The summed E-state index contributed by atoms with van der Waals surface area (Å²) in [6.45, 7) is 7.81. The van der Waals surface area contributed by atoms with Crippen LogP contribution in [0.25, 0.3) is 0 Å². The third-order valence-corrected chi connectivity index (χ3v) is 2.39. The fourth-order valence-corrected chi connectivity index (χ4v) is 1.87. The van der Waals surface area contributed by atoms with E-state index in [2.05, 4.69) is 5.10 Å². The number of rotatable bonds is 2. The van der Waals surface area contributed by atoms with E-state index in [1.54, 1.807) is 20.8 Å². The molecule has 1 aliphatic heterocycles. The lowest BCUT2D eigenvalue weighted by molar-refractivity contribution is -0.246. The van der Waals surface area contributed by atoms with Gasteiger partial charge >= 0.3 is 6.30 Å². The third-order valence-electron chi connectivity index (χ3n) is 2.39. The van der Waals surface area contributed by atoms with E-state index in [4.69, 9.17) is 0 Å². The molecular formula is C10H18F3N3. The van der Waals surface area contributed by atoms with Crippen molar-refractivity contribution in [2.45, 2.75) is 46.6 Å². The molecule has 0 saturated heterocycles. The molecule has 1 aliphatic rings. The molecule has 1 rings (SSSR count). The number of halogens is 3. The average Bonchev–Trinajstić information content (AvgIpc) is 2.46. The van der Waals surface area contributed by atoms with Crippen LogP contribution in [-0.2, 0) is 0 Å². The third kappa shape index (κ3) is 2.59. The maximum absolute atomic E-state index is 12.8. The molecule has 0 N–H and O–H groups in total. The molecule has 0 spiro atoms. The van der Waals surface area contributed by atoms with Crippen molar-refractivity contribution in [2.75, 3.05) is 6.54 Å². The number of hydrogen-bond acceptors (Lipinski definition) is 3. The van der Waals surface area contributed by atoms with Gasteiger partial charge in [0.05, 0.1) is 0 Å². The van der Waals surface area contributed by atoms with E-state index >= 15 is 0 Å². The van der Waals surface area contributed by atoms with Crippen LogP contribution in [0.4, 0.5) is 13.2 Å². The van der Waals surface area contributed by atoms with Crippen molar-refractivity contribution in [3.63, 3.8) is 0 Å². The SMILES string of the molecule is CCCN1N=CN(C(F)(F)F)C1C(C)(C)C. The van der Waals surface area contributed by atoms with E-state index in [1.165, 1.54) is 5.01 Å². The quantitative estimate of drug-likeness (QED) is 0.688. The maximum Gasteiger partial charge on any atom is 0.487 e. The summed E-state index contributed by atoms with van der Waals surface area (Å²) < 4.78 is 38.3. The maximum atomic E-state index is 12.8. The summed E-state index contributed by atoms with van der Waals surface area (Å²) in [6, 6.07) is 0. The molecule has 0 bridgehead atoms. The standard InChI is InChI=1S/C10H18F3N3/c1-5-6-16-8(9(2,3)4)15(7-14-16)10(11,12)13/h7-8H,5-6H2,1-4H3. The predicted molar refractivity (Wildman–Crippen MR) is 56.6 cm³/mol. The number of alkyl halides is 3. The molecule has 0 radical (unpaired) electrons. The zero-order valence-electron chi connectivity index (χ0n) is 10.0. The van der Waals surface area contributed by atoms with Crippen LogP contribution in [0.3, 0.4) is 0 Å². The first-order valence-corrected chi connectivity index (χ1v) is 5.34. The minimum atomic E-state index is -4.37. The van der Waals surface area contributed by atoms with Gasteiger partial charge in [-0.1, -0.05) is 27.7 Å². The van der Waals surface area contributed by atoms with E-state index in [9.17, 15) is 13.2 Å². The highest BCUT2D eigenvalue weighted by atomic mass is 19.4. The highest BCUT2D eigenvalue weighted by Crippen LogP contribution is 2.36. The van der Waals surface area contributed by atoms with Crippen LogP contribution in [0.15, 0.2) is 5.10 Å². The zero-order valence-corrected chi connectivity index (χ0v) is 10.0. The van der Waals surface area contributed by atoms with Gasteiger partial charge in [-0.3, -0.25) is 5.01 Å². The van der Waals surface area contributed by atoms with E-state index in [1.807, 2.05) is 6.92 Å². The van der Waals surface area contributed by atoms with Crippen molar-refractivity contribution in [2.24, 2.45) is 10.5 Å². The van der Waals surface area contributed by atoms with Crippen LogP contribution >= 0.6 is 0 Å². The summed E-state index contributed by atoms with van der Waals surface area (Å²) in [5.41, 5.74) is -0.513. The molecule has 0 fully saturated rings. The van der Waals surface area contributed by atoms with Crippen LogP contribution < -0.4 is 0 Å². The molecule has 1 atom stereocenters. The minimum absolute atomic E-state index is 0.378. The molecule has 16 heavy (non-hydrogen) atoms. The van der Waals surface area contributed by atoms with Crippen molar-refractivity contribution in [3.05, 3.63) is 0 Å². The highest BCUT2D eigenvalue weighted by Gasteiger charge is 2.49. The van der Waals surface area contributed by atoms with Crippen molar-refractivity contribution in [1.29, 1.82) is 0 Å². The first-order chi connectivity index (χ1) is 7.18. The molecule has 6 heteroatoms. The van der Waals surface area contributed by atoms with Gasteiger partial charge in [0.25, 0.3) is 0 Å². The smallest absolute Gasteiger partial charge is 0.272 e. The number of hydrazone groups is 1. The topological polar surface area (TPSA) is 18.8 Å². The largest absolute Gasteiger partial charge is 0.487 e. The van der Waals surface area contributed by atoms with E-state index in [0.717, 1.165) is 12.8 Å². The fourth-order valence-electron chi connectivity index (χ4n) is 1.87. The van der Waals surface area contributed by atoms with Crippen LogP contribution in [-0.4, -0.2) is 35.3 Å². The molecule has 94 valence electrons. The van der Waals surface area contributed by atoms with Crippen molar-refractivity contribution >= 4 is 6.34 Å². The van der Waals surface area contributed by atoms with Crippen molar-refractivity contribution in [3.8, 4) is 0 Å². The van der Waals surface area contributed by atoms with Gasteiger partial charge in [-0.2, -0.15) is 5.10 Å². The normalized spacial score (nSPS) is 22.1. The van der Waals surface area contributed by atoms with Crippen LogP contribution in [0.2, 0.25) is 0 Å². The lowest BCUT2D eigenvalue weighted by Gasteiger charge is -2.39. The van der Waals surface area contributed by atoms with Gasteiger partial charge < -0.3 is 0 Å². The minimum Gasteiger partial charge on any atom is -0.272 e.